The van der Waals surface area contributed by atoms with Crippen molar-refractivity contribution in [2.45, 2.75) is 20.4 Å². The largest absolute Gasteiger partial charge is 0.469 e. The van der Waals surface area contributed by atoms with Crippen LogP contribution in [0.1, 0.15) is 17.0 Å². The lowest BCUT2D eigenvalue weighted by Crippen LogP contribution is -2.20. The lowest BCUT2D eigenvalue weighted by atomic mass is 10.2. The van der Waals surface area contributed by atoms with Gasteiger partial charge in [0.1, 0.15) is 11.6 Å². The second-order valence-corrected chi connectivity index (χ2v) is 4.19. The van der Waals surface area contributed by atoms with Crippen molar-refractivity contribution >= 4 is 11.8 Å². The average molecular weight is 247 g/mol. The van der Waals surface area contributed by atoms with E-state index >= 15 is 0 Å². The third-order valence-corrected chi connectivity index (χ3v) is 2.73. The second-order valence-electron chi connectivity index (χ2n) is 4.19. The summed E-state index contributed by atoms with van der Waals surface area (Å²) in [5.41, 5.74) is 4.47. The van der Waals surface area contributed by atoms with Crippen LogP contribution in [0.3, 0.4) is 0 Å². The van der Waals surface area contributed by atoms with E-state index in [-0.39, 0.29) is 0 Å². The first kappa shape index (κ1) is 12.4. The topological polar surface area (TPSA) is 80.2 Å². The van der Waals surface area contributed by atoms with Crippen LogP contribution in [0.2, 0.25) is 0 Å². The van der Waals surface area contributed by atoms with Gasteiger partial charge < -0.3 is 9.32 Å². The summed E-state index contributed by atoms with van der Waals surface area (Å²) in [6, 6.07) is 3.87. The fourth-order valence-corrected chi connectivity index (χ4v) is 1.72. The monoisotopic (exact) mass is 247 g/mol. The summed E-state index contributed by atoms with van der Waals surface area (Å²) in [5, 5.41) is 0. The molecule has 0 bridgehead atoms. The predicted molar refractivity (Wildman–Crippen MR) is 70.1 cm³/mol. The highest BCUT2D eigenvalue weighted by Crippen LogP contribution is 2.17. The first-order chi connectivity index (χ1) is 8.60. The molecule has 0 aromatic carbocycles. The van der Waals surface area contributed by atoms with Gasteiger partial charge in [0.25, 0.3) is 0 Å². The van der Waals surface area contributed by atoms with Crippen LogP contribution >= 0.6 is 0 Å². The number of rotatable bonds is 4. The third-order valence-electron chi connectivity index (χ3n) is 2.73. The summed E-state index contributed by atoms with van der Waals surface area (Å²) in [4.78, 5) is 10.5. The normalized spacial score (nSPS) is 10.4. The van der Waals surface area contributed by atoms with E-state index in [0.717, 1.165) is 29.4 Å². The molecule has 0 aliphatic rings. The highest BCUT2D eigenvalue weighted by atomic mass is 16.3. The van der Waals surface area contributed by atoms with Crippen LogP contribution in [0.15, 0.2) is 22.8 Å². The van der Waals surface area contributed by atoms with Gasteiger partial charge in [0.15, 0.2) is 0 Å². The maximum Gasteiger partial charge on any atom is 0.239 e. The van der Waals surface area contributed by atoms with Crippen molar-refractivity contribution in [1.29, 1.82) is 0 Å². The Bertz CT molecular complexity index is 537. The summed E-state index contributed by atoms with van der Waals surface area (Å²) < 4.78 is 5.28. The Hall–Kier alpha value is -2.08. The number of aryl methyl sites for hydroxylation is 2. The molecular formula is C12H17N5O. The zero-order chi connectivity index (χ0) is 13.1. The highest BCUT2D eigenvalue weighted by Gasteiger charge is 2.09. The standard InChI is InChI=1S/C12H17N5O/c1-8-6-11(15-12(14-8)16-13)17(3)7-10-4-5-18-9(10)2/h4-6H,7,13H2,1-3H3,(H,14,15,16). The van der Waals surface area contributed by atoms with Crippen molar-refractivity contribution in [3.63, 3.8) is 0 Å². The number of hydrogen-bond donors (Lipinski definition) is 2. The van der Waals surface area contributed by atoms with E-state index < -0.39 is 0 Å². The Morgan fingerprint density at radius 1 is 1.39 bits per heavy atom. The van der Waals surface area contributed by atoms with Gasteiger partial charge in [-0.1, -0.05) is 0 Å². The van der Waals surface area contributed by atoms with Crippen molar-refractivity contribution in [1.82, 2.24) is 9.97 Å². The molecule has 3 N–H and O–H groups in total. The molecule has 0 fully saturated rings. The minimum absolute atomic E-state index is 0.417. The van der Waals surface area contributed by atoms with Gasteiger partial charge in [-0.3, -0.25) is 5.43 Å². The van der Waals surface area contributed by atoms with Gasteiger partial charge in [-0.15, -0.1) is 0 Å². The van der Waals surface area contributed by atoms with E-state index in [2.05, 4.69) is 15.4 Å². The number of nitrogens with one attached hydrogen (secondary N) is 1. The van der Waals surface area contributed by atoms with Crippen LogP contribution in [0.25, 0.3) is 0 Å². The van der Waals surface area contributed by atoms with Gasteiger partial charge in [0, 0.05) is 30.9 Å². The Kier molecular flexibility index (Phi) is 3.47. The summed E-state index contributed by atoms with van der Waals surface area (Å²) in [6.45, 7) is 4.58. The van der Waals surface area contributed by atoms with Crippen molar-refractivity contribution in [2.24, 2.45) is 5.84 Å². The van der Waals surface area contributed by atoms with Gasteiger partial charge >= 0.3 is 0 Å². The summed E-state index contributed by atoms with van der Waals surface area (Å²) in [7, 11) is 1.97. The maximum atomic E-state index is 5.34. The van der Waals surface area contributed by atoms with Crippen LogP contribution in [0, 0.1) is 13.8 Å². The molecule has 0 aliphatic heterocycles. The smallest absolute Gasteiger partial charge is 0.239 e. The van der Waals surface area contributed by atoms with Gasteiger partial charge in [-0.25, -0.2) is 10.8 Å². The van der Waals surface area contributed by atoms with E-state index in [9.17, 15) is 0 Å². The van der Waals surface area contributed by atoms with Crippen LogP contribution in [-0.4, -0.2) is 17.0 Å². The Labute approximate surface area is 106 Å². The number of nitrogens with two attached hydrogens (primary N) is 1. The van der Waals surface area contributed by atoms with Gasteiger partial charge in [0.2, 0.25) is 5.95 Å². The predicted octanol–water partition coefficient (Wildman–Crippen LogP) is 1.61. The molecule has 18 heavy (non-hydrogen) atoms. The van der Waals surface area contributed by atoms with E-state index in [1.165, 1.54) is 0 Å². The minimum Gasteiger partial charge on any atom is -0.469 e. The molecule has 0 spiro atoms. The molecule has 0 unspecified atom stereocenters. The van der Waals surface area contributed by atoms with Gasteiger partial charge in [0.05, 0.1) is 6.26 Å². The molecule has 0 saturated carbocycles. The average Bonchev–Trinajstić information content (AvgIpc) is 2.74. The number of aromatic nitrogens is 2. The molecule has 0 saturated heterocycles. The van der Waals surface area contributed by atoms with Crippen molar-refractivity contribution in [3.05, 3.63) is 35.4 Å². The lowest BCUT2D eigenvalue weighted by Gasteiger charge is -2.18. The van der Waals surface area contributed by atoms with E-state index in [1.807, 2.05) is 37.9 Å². The number of hydrazine groups is 1. The molecule has 6 heteroatoms. The number of anilines is 2. The zero-order valence-corrected chi connectivity index (χ0v) is 10.8. The van der Waals surface area contributed by atoms with Gasteiger partial charge in [-0.2, -0.15) is 4.98 Å². The number of furan rings is 1. The van der Waals surface area contributed by atoms with E-state index in [0.29, 0.717) is 5.95 Å². The molecule has 0 radical (unpaired) electrons. The van der Waals surface area contributed by atoms with Crippen molar-refractivity contribution < 1.29 is 4.42 Å². The van der Waals surface area contributed by atoms with Crippen LogP contribution in [-0.2, 0) is 6.54 Å². The summed E-state index contributed by atoms with van der Waals surface area (Å²) in [5.74, 6) is 7.49. The first-order valence-electron chi connectivity index (χ1n) is 5.66. The zero-order valence-electron chi connectivity index (χ0n) is 10.8. The molecule has 2 aromatic heterocycles. The number of nitrogens with zero attached hydrogens (tertiary/aromatic N) is 3. The third kappa shape index (κ3) is 2.60. The van der Waals surface area contributed by atoms with Crippen molar-refractivity contribution in [2.75, 3.05) is 17.4 Å². The highest BCUT2D eigenvalue weighted by molar-refractivity contribution is 5.44. The molecule has 96 valence electrons. The maximum absolute atomic E-state index is 5.34. The van der Waals surface area contributed by atoms with E-state index in [1.54, 1.807) is 6.26 Å². The van der Waals surface area contributed by atoms with Crippen LogP contribution in [0.4, 0.5) is 11.8 Å². The minimum atomic E-state index is 0.417. The second kappa shape index (κ2) is 5.05. The summed E-state index contributed by atoms with van der Waals surface area (Å²) >= 11 is 0. The Morgan fingerprint density at radius 3 is 2.78 bits per heavy atom. The fraction of sp³-hybridized carbons (Fsp3) is 0.333. The van der Waals surface area contributed by atoms with Gasteiger partial charge in [-0.05, 0) is 19.9 Å². The Morgan fingerprint density at radius 2 is 2.17 bits per heavy atom. The SMILES string of the molecule is Cc1cc(N(C)Cc2ccoc2C)nc(NN)n1. The summed E-state index contributed by atoms with van der Waals surface area (Å²) in [6.07, 6.45) is 1.69. The molecule has 6 nitrogen and oxygen atoms in total. The van der Waals surface area contributed by atoms with E-state index in [4.69, 9.17) is 10.3 Å². The van der Waals surface area contributed by atoms with Crippen LogP contribution < -0.4 is 16.2 Å². The molecule has 0 aliphatic carbocycles. The fourth-order valence-electron chi connectivity index (χ4n) is 1.72. The quantitative estimate of drug-likeness (QED) is 0.631. The number of hydrogen-bond acceptors (Lipinski definition) is 6. The van der Waals surface area contributed by atoms with Crippen molar-refractivity contribution in [3.8, 4) is 0 Å². The molecule has 0 amide bonds. The lowest BCUT2D eigenvalue weighted by molar-refractivity contribution is 0.529. The Balaban J connectivity index is 2.20. The molecule has 2 rings (SSSR count). The molecule has 2 heterocycles. The molecule has 0 atom stereocenters. The number of nitrogen functional groups attached to an aromatic ring is 1. The molecule has 2 aromatic rings. The molecular weight excluding hydrogens is 230 g/mol. The van der Waals surface area contributed by atoms with Crippen LogP contribution in [0.5, 0.6) is 0 Å². The first-order valence-corrected chi connectivity index (χ1v) is 5.66.